The van der Waals surface area contributed by atoms with E-state index in [9.17, 15) is 4.79 Å². The van der Waals surface area contributed by atoms with E-state index < -0.39 is 0 Å². The van der Waals surface area contributed by atoms with E-state index in [2.05, 4.69) is 20.7 Å². The van der Waals surface area contributed by atoms with Gasteiger partial charge in [-0.15, -0.1) is 0 Å². The van der Waals surface area contributed by atoms with E-state index in [-0.39, 0.29) is 5.91 Å². The van der Waals surface area contributed by atoms with Gasteiger partial charge in [-0.05, 0) is 19.9 Å². The number of rotatable bonds is 5. The molecular formula is C14H19N5O. The van der Waals surface area contributed by atoms with Gasteiger partial charge in [0.1, 0.15) is 0 Å². The Hall–Kier alpha value is -2.37. The van der Waals surface area contributed by atoms with Crippen LogP contribution >= 0.6 is 0 Å². The molecule has 2 N–H and O–H groups in total. The molecule has 2 aromatic heterocycles. The molecule has 20 heavy (non-hydrogen) atoms. The van der Waals surface area contributed by atoms with Crippen LogP contribution in [0.3, 0.4) is 0 Å². The van der Waals surface area contributed by atoms with Crippen molar-refractivity contribution in [2.45, 2.75) is 20.4 Å². The van der Waals surface area contributed by atoms with Crippen molar-refractivity contribution in [2.75, 3.05) is 11.9 Å². The van der Waals surface area contributed by atoms with Gasteiger partial charge in [0.2, 0.25) is 0 Å². The number of anilines is 1. The van der Waals surface area contributed by atoms with Gasteiger partial charge in [-0.1, -0.05) is 0 Å². The van der Waals surface area contributed by atoms with Gasteiger partial charge >= 0.3 is 0 Å². The van der Waals surface area contributed by atoms with Gasteiger partial charge in [-0.3, -0.25) is 14.5 Å². The third kappa shape index (κ3) is 3.14. The molecule has 0 fully saturated rings. The van der Waals surface area contributed by atoms with Gasteiger partial charge in [0.05, 0.1) is 23.1 Å². The molecule has 2 heterocycles. The van der Waals surface area contributed by atoms with E-state index >= 15 is 0 Å². The van der Waals surface area contributed by atoms with Crippen molar-refractivity contribution in [1.82, 2.24) is 20.1 Å². The maximum atomic E-state index is 12.2. The Labute approximate surface area is 118 Å². The topological polar surface area (TPSA) is 71.8 Å². The Bertz CT molecular complexity index is 605. The lowest BCUT2D eigenvalue weighted by Gasteiger charge is -2.10. The highest BCUT2D eigenvalue weighted by molar-refractivity contribution is 5.99. The molecule has 0 aliphatic carbocycles. The highest BCUT2D eigenvalue weighted by Crippen LogP contribution is 2.13. The van der Waals surface area contributed by atoms with Crippen molar-refractivity contribution in [1.29, 1.82) is 0 Å². The standard InChI is InChI=1S/C14H19N5O/c1-4-16-13-8-15-6-5-12(13)14(20)17-7-11-9-19(3)18-10(11)2/h5-6,8-9,16H,4,7H2,1-3H3,(H,17,20). The summed E-state index contributed by atoms with van der Waals surface area (Å²) in [4.78, 5) is 16.3. The zero-order chi connectivity index (χ0) is 14.5. The molecule has 0 spiro atoms. The summed E-state index contributed by atoms with van der Waals surface area (Å²) in [5, 5.41) is 10.3. The average Bonchev–Trinajstić information content (AvgIpc) is 2.75. The van der Waals surface area contributed by atoms with Crippen molar-refractivity contribution < 1.29 is 4.79 Å². The molecule has 6 nitrogen and oxygen atoms in total. The van der Waals surface area contributed by atoms with Crippen LogP contribution in [0.15, 0.2) is 24.7 Å². The first-order valence-corrected chi connectivity index (χ1v) is 6.57. The minimum Gasteiger partial charge on any atom is -0.383 e. The normalized spacial score (nSPS) is 10.3. The molecule has 2 rings (SSSR count). The van der Waals surface area contributed by atoms with Gasteiger partial charge < -0.3 is 10.6 Å². The largest absolute Gasteiger partial charge is 0.383 e. The van der Waals surface area contributed by atoms with E-state index in [0.29, 0.717) is 12.1 Å². The van der Waals surface area contributed by atoms with Crippen molar-refractivity contribution >= 4 is 11.6 Å². The molecule has 0 unspecified atom stereocenters. The fraction of sp³-hybridized carbons (Fsp3) is 0.357. The van der Waals surface area contributed by atoms with Crippen LogP contribution in [0.25, 0.3) is 0 Å². The van der Waals surface area contributed by atoms with E-state index in [1.807, 2.05) is 27.1 Å². The summed E-state index contributed by atoms with van der Waals surface area (Å²) in [7, 11) is 1.87. The Balaban J connectivity index is 2.07. The zero-order valence-electron chi connectivity index (χ0n) is 12.0. The summed E-state index contributed by atoms with van der Waals surface area (Å²) in [6.07, 6.45) is 5.19. The first-order chi connectivity index (χ1) is 9.61. The molecule has 0 saturated carbocycles. The summed E-state index contributed by atoms with van der Waals surface area (Å²) >= 11 is 0. The summed E-state index contributed by atoms with van der Waals surface area (Å²) in [6, 6.07) is 1.71. The van der Waals surface area contributed by atoms with Gasteiger partial charge in [-0.25, -0.2) is 0 Å². The molecule has 1 amide bonds. The minimum absolute atomic E-state index is 0.119. The Morgan fingerprint density at radius 1 is 1.45 bits per heavy atom. The van der Waals surface area contributed by atoms with Crippen LogP contribution in [-0.2, 0) is 13.6 Å². The number of carbonyl (C=O) groups is 1. The first-order valence-electron chi connectivity index (χ1n) is 6.57. The maximum absolute atomic E-state index is 12.2. The SMILES string of the molecule is CCNc1cnccc1C(=O)NCc1cn(C)nc1C. The monoisotopic (exact) mass is 273 g/mol. The predicted molar refractivity (Wildman–Crippen MR) is 77.5 cm³/mol. The van der Waals surface area contributed by atoms with Crippen LogP contribution in [-0.4, -0.2) is 27.2 Å². The van der Waals surface area contributed by atoms with Gasteiger partial charge in [0.25, 0.3) is 5.91 Å². The smallest absolute Gasteiger partial charge is 0.253 e. The number of carbonyl (C=O) groups excluding carboxylic acids is 1. The number of aromatic nitrogens is 3. The second-order valence-corrected chi connectivity index (χ2v) is 4.55. The average molecular weight is 273 g/mol. The van der Waals surface area contributed by atoms with E-state index in [1.54, 1.807) is 23.1 Å². The number of pyridine rings is 1. The second-order valence-electron chi connectivity index (χ2n) is 4.55. The molecule has 6 heteroatoms. The predicted octanol–water partition coefficient (Wildman–Crippen LogP) is 1.49. The molecule has 0 atom stereocenters. The number of aryl methyl sites for hydroxylation is 2. The van der Waals surface area contributed by atoms with Crippen LogP contribution in [0.4, 0.5) is 5.69 Å². The molecular weight excluding hydrogens is 254 g/mol. The molecule has 2 aromatic rings. The van der Waals surface area contributed by atoms with Crippen molar-refractivity contribution in [3.63, 3.8) is 0 Å². The number of nitrogens with zero attached hydrogens (tertiary/aromatic N) is 3. The molecule has 0 aliphatic rings. The van der Waals surface area contributed by atoms with Crippen LogP contribution < -0.4 is 10.6 Å². The molecule has 0 aromatic carbocycles. The van der Waals surface area contributed by atoms with Crippen LogP contribution in [0.2, 0.25) is 0 Å². The fourth-order valence-corrected chi connectivity index (χ4v) is 2.02. The summed E-state index contributed by atoms with van der Waals surface area (Å²) < 4.78 is 1.74. The minimum atomic E-state index is -0.119. The van der Waals surface area contributed by atoms with Crippen molar-refractivity contribution in [2.24, 2.45) is 7.05 Å². The number of hydrogen-bond acceptors (Lipinski definition) is 4. The van der Waals surface area contributed by atoms with Crippen LogP contribution in [0, 0.1) is 6.92 Å². The van der Waals surface area contributed by atoms with Gasteiger partial charge in [0.15, 0.2) is 0 Å². The van der Waals surface area contributed by atoms with Crippen molar-refractivity contribution in [3.8, 4) is 0 Å². The van der Waals surface area contributed by atoms with Crippen LogP contribution in [0.1, 0.15) is 28.5 Å². The fourth-order valence-electron chi connectivity index (χ4n) is 2.02. The number of amides is 1. The second kappa shape index (κ2) is 6.18. The Morgan fingerprint density at radius 2 is 2.25 bits per heavy atom. The van der Waals surface area contributed by atoms with Crippen LogP contribution in [0.5, 0.6) is 0 Å². The van der Waals surface area contributed by atoms with Gasteiger partial charge in [0, 0.05) is 38.1 Å². The number of nitrogens with one attached hydrogen (secondary N) is 2. The van der Waals surface area contributed by atoms with Crippen molar-refractivity contribution in [3.05, 3.63) is 41.5 Å². The molecule has 0 bridgehead atoms. The summed E-state index contributed by atoms with van der Waals surface area (Å²) in [6.45, 7) is 5.12. The Morgan fingerprint density at radius 3 is 2.90 bits per heavy atom. The number of hydrogen-bond donors (Lipinski definition) is 2. The zero-order valence-corrected chi connectivity index (χ0v) is 12.0. The summed E-state index contributed by atoms with van der Waals surface area (Å²) in [5.74, 6) is -0.119. The maximum Gasteiger partial charge on any atom is 0.253 e. The summed E-state index contributed by atoms with van der Waals surface area (Å²) in [5.41, 5.74) is 3.29. The third-order valence-corrected chi connectivity index (χ3v) is 2.99. The third-order valence-electron chi connectivity index (χ3n) is 2.99. The highest BCUT2D eigenvalue weighted by atomic mass is 16.1. The lowest BCUT2D eigenvalue weighted by atomic mass is 10.2. The molecule has 0 saturated heterocycles. The first kappa shape index (κ1) is 14.0. The lowest BCUT2D eigenvalue weighted by molar-refractivity contribution is 0.0951. The van der Waals surface area contributed by atoms with E-state index in [4.69, 9.17) is 0 Å². The lowest BCUT2D eigenvalue weighted by Crippen LogP contribution is -2.24. The molecule has 0 aliphatic heterocycles. The quantitative estimate of drug-likeness (QED) is 0.865. The van der Waals surface area contributed by atoms with E-state index in [0.717, 1.165) is 23.5 Å². The molecule has 0 radical (unpaired) electrons. The molecule has 106 valence electrons. The Kier molecular flexibility index (Phi) is 4.34. The van der Waals surface area contributed by atoms with Gasteiger partial charge in [-0.2, -0.15) is 5.10 Å². The van der Waals surface area contributed by atoms with E-state index in [1.165, 1.54) is 0 Å². The highest BCUT2D eigenvalue weighted by Gasteiger charge is 2.11.